The zero-order valence-corrected chi connectivity index (χ0v) is 26.1. The van der Waals surface area contributed by atoms with Crippen molar-refractivity contribution in [3.05, 3.63) is 155 Å². The first-order chi connectivity index (χ1) is 21.1. The highest BCUT2D eigenvalue weighted by atomic mass is 28.3. The van der Waals surface area contributed by atoms with Crippen molar-refractivity contribution < 1.29 is 0 Å². The number of fused-ring (bicyclic) bond motifs is 4. The molecule has 0 saturated heterocycles. The maximum absolute atomic E-state index is 2.51. The molecule has 0 aliphatic heterocycles. The molecule has 8 rings (SSSR count). The van der Waals surface area contributed by atoms with Crippen LogP contribution in [0.4, 0.5) is 0 Å². The van der Waals surface area contributed by atoms with Gasteiger partial charge in [0.2, 0.25) is 0 Å². The van der Waals surface area contributed by atoms with Gasteiger partial charge < -0.3 is 0 Å². The van der Waals surface area contributed by atoms with E-state index in [1.54, 1.807) is 0 Å². The summed E-state index contributed by atoms with van der Waals surface area (Å²) >= 11 is 0. The minimum Gasteiger partial charge on any atom is -0.0681 e. The quantitative estimate of drug-likeness (QED) is 0.182. The summed E-state index contributed by atoms with van der Waals surface area (Å²) in [4.78, 5) is 0. The van der Waals surface area contributed by atoms with Crippen LogP contribution in [0.25, 0.3) is 56.0 Å². The van der Waals surface area contributed by atoms with Gasteiger partial charge in [0.15, 0.2) is 0 Å². The summed E-state index contributed by atoms with van der Waals surface area (Å²) < 4.78 is 0. The molecule has 0 amide bonds. The summed E-state index contributed by atoms with van der Waals surface area (Å²) in [7, 11) is -0.861. The Bertz CT molecular complexity index is 1960. The van der Waals surface area contributed by atoms with Crippen LogP contribution in [0.15, 0.2) is 132 Å². The second-order valence-electron chi connectivity index (χ2n) is 12.3. The van der Waals surface area contributed by atoms with Crippen molar-refractivity contribution in [3.8, 4) is 22.3 Å². The molecule has 2 unspecified atom stereocenters. The Hall–Kier alpha value is -4.46. The van der Waals surface area contributed by atoms with Crippen molar-refractivity contribution in [2.24, 2.45) is 0 Å². The van der Waals surface area contributed by atoms with Gasteiger partial charge in [0.25, 0.3) is 0 Å². The van der Waals surface area contributed by atoms with E-state index in [4.69, 9.17) is 0 Å². The largest absolute Gasteiger partial charge is 0.0747 e. The van der Waals surface area contributed by atoms with Crippen LogP contribution in [0, 0.1) is 0 Å². The molecule has 1 heteroatoms. The van der Waals surface area contributed by atoms with Gasteiger partial charge in [0.1, 0.15) is 0 Å². The predicted molar refractivity (Wildman–Crippen MR) is 188 cm³/mol. The molecule has 2 aliphatic rings. The Balaban J connectivity index is 1.20. The van der Waals surface area contributed by atoms with E-state index in [1.165, 1.54) is 83.2 Å². The number of hydrogen-bond acceptors (Lipinski definition) is 0. The van der Waals surface area contributed by atoms with Gasteiger partial charge >= 0.3 is 0 Å². The smallest absolute Gasteiger partial charge is 0.0681 e. The van der Waals surface area contributed by atoms with Gasteiger partial charge in [-0.15, -0.1) is 0 Å². The molecule has 6 aromatic carbocycles. The van der Waals surface area contributed by atoms with Crippen LogP contribution in [-0.2, 0) is 0 Å². The average Bonchev–Trinajstić information content (AvgIpc) is 3.56. The lowest BCUT2D eigenvalue weighted by Gasteiger charge is -2.31. The molecule has 0 N–H and O–H groups in total. The minimum absolute atomic E-state index is 0.508. The monoisotopic (exact) mass is 567 g/mol. The van der Waals surface area contributed by atoms with Gasteiger partial charge in [0.05, 0.1) is 8.80 Å². The molecule has 2 aliphatic carbocycles. The van der Waals surface area contributed by atoms with E-state index in [0.29, 0.717) is 11.1 Å². The number of benzene rings is 6. The molecular formula is C42H35Si. The molecule has 0 saturated carbocycles. The van der Waals surface area contributed by atoms with Crippen LogP contribution in [0.2, 0.25) is 6.04 Å². The third kappa shape index (κ3) is 4.26. The summed E-state index contributed by atoms with van der Waals surface area (Å²) in [6, 6.07) is 46.5. The van der Waals surface area contributed by atoms with Gasteiger partial charge in [-0.1, -0.05) is 145 Å². The van der Waals surface area contributed by atoms with Crippen molar-refractivity contribution in [3.63, 3.8) is 0 Å². The summed E-state index contributed by atoms with van der Waals surface area (Å²) in [6.07, 6.45) is 5.01. The molecule has 0 fully saturated rings. The van der Waals surface area contributed by atoms with Crippen LogP contribution < -0.4 is 0 Å². The van der Waals surface area contributed by atoms with Gasteiger partial charge in [-0.3, -0.25) is 0 Å². The van der Waals surface area contributed by atoms with Crippen LogP contribution in [-0.4, -0.2) is 8.80 Å². The molecule has 2 atom stereocenters. The fourth-order valence-electron chi connectivity index (χ4n) is 7.88. The number of hydrogen-bond donors (Lipinski definition) is 0. The Morgan fingerprint density at radius 1 is 0.488 bits per heavy atom. The predicted octanol–water partition coefficient (Wildman–Crippen LogP) is 11.6. The topological polar surface area (TPSA) is 0 Å². The lowest BCUT2D eigenvalue weighted by atomic mass is 9.95. The normalized spacial score (nSPS) is 17.3. The second-order valence-corrected chi connectivity index (χ2v) is 15.3. The lowest BCUT2D eigenvalue weighted by Crippen LogP contribution is -2.31. The maximum Gasteiger partial charge on any atom is 0.0747 e. The zero-order valence-electron chi connectivity index (χ0n) is 25.1. The van der Waals surface area contributed by atoms with E-state index in [9.17, 15) is 0 Å². The molecular weight excluding hydrogens is 533 g/mol. The van der Waals surface area contributed by atoms with E-state index < -0.39 is 8.80 Å². The van der Waals surface area contributed by atoms with Crippen LogP contribution in [0.1, 0.15) is 54.1 Å². The summed E-state index contributed by atoms with van der Waals surface area (Å²) in [5.74, 6) is 0. The van der Waals surface area contributed by atoms with Crippen molar-refractivity contribution in [2.45, 2.75) is 37.9 Å². The number of allylic oxidation sites excluding steroid dienone is 2. The van der Waals surface area contributed by atoms with Crippen LogP contribution in [0.3, 0.4) is 0 Å². The molecule has 0 nitrogen and oxygen atoms in total. The van der Waals surface area contributed by atoms with E-state index in [-0.39, 0.29) is 0 Å². The lowest BCUT2D eigenvalue weighted by molar-refractivity contribution is 0.984. The van der Waals surface area contributed by atoms with E-state index in [1.807, 2.05) is 0 Å². The number of rotatable bonds is 5. The van der Waals surface area contributed by atoms with E-state index in [2.05, 4.69) is 154 Å². The van der Waals surface area contributed by atoms with E-state index >= 15 is 0 Å². The highest BCUT2D eigenvalue weighted by Crippen LogP contribution is 2.50. The highest BCUT2D eigenvalue weighted by Gasteiger charge is 2.40. The Morgan fingerprint density at radius 2 is 0.930 bits per heavy atom. The Morgan fingerprint density at radius 3 is 1.37 bits per heavy atom. The summed E-state index contributed by atoms with van der Waals surface area (Å²) in [5.41, 5.74) is 15.4. The fraction of sp³-hybridized carbons (Fsp3) is 0.143. The molecule has 207 valence electrons. The molecule has 0 aromatic heterocycles. The first kappa shape index (κ1) is 26.2. The molecule has 43 heavy (non-hydrogen) atoms. The highest BCUT2D eigenvalue weighted by molar-refractivity contribution is 6.64. The summed E-state index contributed by atoms with van der Waals surface area (Å²) in [5, 5.41) is 5.20. The van der Waals surface area contributed by atoms with Gasteiger partial charge in [-0.2, -0.15) is 0 Å². The first-order valence-corrected chi connectivity index (χ1v) is 17.4. The third-order valence-electron chi connectivity index (χ3n) is 9.83. The van der Waals surface area contributed by atoms with Gasteiger partial charge in [-0.05, 0) is 103 Å². The molecule has 0 spiro atoms. The van der Waals surface area contributed by atoms with Crippen LogP contribution in [0.5, 0.6) is 0 Å². The molecule has 6 aromatic rings. The van der Waals surface area contributed by atoms with Crippen LogP contribution >= 0.6 is 0 Å². The van der Waals surface area contributed by atoms with Gasteiger partial charge in [-0.25, -0.2) is 0 Å². The van der Waals surface area contributed by atoms with Crippen molar-refractivity contribution >= 4 is 42.5 Å². The summed E-state index contributed by atoms with van der Waals surface area (Å²) in [6.45, 7) is 7.20. The Labute approximate surface area is 256 Å². The standard InChI is InChI=1S/C42H35Si/c1-4-43(41-27(2)23-39-35(15-9-17-37(39)41)33-21-19-29-11-5-7-13-31(29)25-33)42-28(3)24-40-36(16-10-18-38(40)42)34-22-20-30-12-6-8-14-32(30)26-34/h5-26,41-42H,4H2,1-3H3. The van der Waals surface area contributed by atoms with Crippen molar-refractivity contribution in [1.82, 2.24) is 0 Å². The molecule has 1 radical (unpaired) electrons. The van der Waals surface area contributed by atoms with Gasteiger partial charge in [0, 0.05) is 0 Å². The fourth-order valence-corrected chi connectivity index (χ4v) is 11.7. The zero-order chi connectivity index (χ0) is 29.1. The second kappa shape index (κ2) is 10.4. The SMILES string of the molecule is CC[Si](C1C(C)=Cc2c(-c3ccc4ccccc4c3)cccc21)C1C(C)=Cc2c(-c3ccc4ccccc4c3)cccc21. The molecule has 0 heterocycles. The maximum atomic E-state index is 2.51. The average molecular weight is 568 g/mol. The van der Waals surface area contributed by atoms with E-state index in [0.717, 1.165) is 0 Å². The third-order valence-corrected chi connectivity index (χ3v) is 13.7. The molecule has 0 bridgehead atoms. The Kier molecular flexibility index (Phi) is 6.31. The first-order valence-electron chi connectivity index (χ1n) is 15.6. The van der Waals surface area contributed by atoms with Crippen molar-refractivity contribution in [1.29, 1.82) is 0 Å². The minimum atomic E-state index is -0.861. The van der Waals surface area contributed by atoms with Crippen molar-refractivity contribution in [2.75, 3.05) is 0 Å².